The van der Waals surface area contributed by atoms with Crippen molar-refractivity contribution < 1.29 is 28.0 Å². The van der Waals surface area contributed by atoms with E-state index in [9.17, 15) is 18.4 Å². The highest BCUT2D eigenvalue weighted by molar-refractivity contribution is 5.95. The van der Waals surface area contributed by atoms with Gasteiger partial charge in [0, 0.05) is 18.8 Å². The zero-order valence-corrected chi connectivity index (χ0v) is 13.4. The number of carbonyl (C=O) groups excluding carboxylic acids is 2. The molecule has 4 N–H and O–H groups in total. The average Bonchev–Trinajstić information content (AvgIpc) is 2.55. The van der Waals surface area contributed by atoms with E-state index in [-0.39, 0.29) is 35.2 Å². The molecule has 1 aromatic carbocycles. The molecule has 1 heterocycles. The molecular weight excluding hydrogens is 320 g/mol. The number of halogens is 2. The van der Waals surface area contributed by atoms with Crippen molar-refractivity contribution in [1.82, 2.24) is 0 Å². The fourth-order valence-electron chi connectivity index (χ4n) is 2.90. The molecule has 2 amide bonds. The number of nitrogens with one attached hydrogen (secondary N) is 2. The van der Waals surface area contributed by atoms with Crippen LogP contribution in [0.3, 0.4) is 0 Å². The fraction of sp³-hybridized carbons (Fsp3) is 0.500. The second-order valence-corrected chi connectivity index (χ2v) is 5.92. The summed E-state index contributed by atoms with van der Waals surface area (Å²) in [5, 5.41) is 2.64. The number of likely N-dealkylation sites (tertiary alicyclic amines) is 1. The predicted octanol–water partition coefficient (Wildman–Crippen LogP) is 0.395. The number of ether oxygens (including phenoxy) is 1. The highest BCUT2D eigenvalue weighted by Crippen LogP contribution is 2.25. The van der Waals surface area contributed by atoms with Gasteiger partial charge in [0.2, 0.25) is 5.91 Å². The van der Waals surface area contributed by atoms with Gasteiger partial charge in [-0.3, -0.25) is 9.59 Å². The van der Waals surface area contributed by atoms with Gasteiger partial charge in [-0.05, 0) is 19.1 Å². The number of nitrogens with two attached hydrogens (primary N) is 1. The first kappa shape index (κ1) is 18.1. The molecule has 0 spiro atoms. The van der Waals surface area contributed by atoms with E-state index in [1.165, 1.54) is 12.1 Å². The minimum atomic E-state index is -2.96. The molecule has 2 rings (SSSR count). The zero-order chi connectivity index (χ0) is 17.7. The quantitative estimate of drug-likeness (QED) is 0.699. The molecule has 24 heavy (non-hydrogen) atoms. The molecule has 132 valence electrons. The first-order valence-electron chi connectivity index (χ1n) is 7.87. The molecule has 8 heteroatoms. The Kier molecular flexibility index (Phi) is 6.08. The maximum absolute atomic E-state index is 12.4. The maximum Gasteiger partial charge on any atom is 0.387 e. The van der Waals surface area contributed by atoms with Gasteiger partial charge in [-0.25, -0.2) is 0 Å². The van der Waals surface area contributed by atoms with Crippen molar-refractivity contribution in [2.75, 3.05) is 18.4 Å². The molecule has 1 fully saturated rings. The van der Waals surface area contributed by atoms with Gasteiger partial charge >= 0.3 is 6.61 Å². The number of anilines is 1. The number of carbonyl (C=O) groups is 2. The Bertz CT molecular complexity index is 590. The van der Waals surface area contributed by atoms with E-state index in [1.807, 2.05) is 0 Å². The van der Waals surface area contributed by atoms with Crippen LogP contribution in [0, 0.1) is 5.92 Å². The summed E-state index contributed by atoms with van der Waals surface area (Å²) in [6.07, 6.45) is 1.29. The second-order valence-electron chi connectivity index (χ2n) is 5.92. The van der Waals surface area contributed by atoms with E-state index in [0.29, 0.717) is 25.9 Å². The van der Waals surface area contributed by atoms with Crippen LogP contribution in [0.5, 0.6) is 5.75 Å². The number of benzene rings is 1. The Labute approximate surface area is 138 Å². The number of rotatable bonds is 6. The molecule has 0 radical (unpaired) electrons. The van der Waals surface area contributed by atoms with Crippen molar-refractivity contribution in [2.24, 2.45) is 11.7 Å². The molecule has 1 aromatic rings. The zero-order valence-electron chi connectivity index (χ0n) is 13.4. The largest absolute Gasteiger partial charge is 0.433 e. The number of alkyl halides is 2. The molecule has 1 saturated heterocycles. The topological polar surface area (TPSA) is 85.9 Å². The van der Waals surface area contributed by atoms with Gasteiger partial charge in [-0.2, -0.15) is 8.78 Å². The normalized spacial score (nSPS) is 22.0. The van der Waals surface area contributed by atoms with Crippen molar-refractivity contribution in [3.8, 4) is 5.75 Å². The Morgan fingerprint density at radius 1 is 1.29 bits per heavy atom. The summed E-state index contributed by atoms with van der Waals surface area (Å²) in [5.74, 6) is -0.795. The molecule has 0 unspecified atom stereocenters. The Hall–Kier alpha value is -2.22. The van der Waals surface area contributed by atoms with Crippen LogP contribution in [-0.2, 0) is 9.59 Å². The van der Waals surface area contributed by atoms with Gasteiger partial charge in [0.15, 0.2) is 6.04 Å². The summed E-state index contributed by atoms with van der Waals surface area (Å²) in [6, 6.07) is 5.69. The molecular formula is C16H22F2N3O3+. The second kappa shape index (κ2) is 8.05. The standard InChI is InChI=1S/C16H21F2N3O3/c1-10(21-8-6-11(7-9-21)14(19)22)15(23)20-12-4-2-3-5-13(12)24-16(17)18/h2-5,10-11,16H,6-9H2,1H3,(H2,19,22)(H,20,23)/p+1/t10-/m1/s1. The first-order chi connectivity index (χ1) is 11.4. The molecule has 1 aliphatic rings. The molecule has 1 atom stereocenters. The maximum atomic E-state index is 12.4. The van der Waals surface area contributed by atoms with Crippen LogP contribution < -0.4 is 20.7 Å². The highest BCUT2D eigenvalue weighted by Gasteiger charge is 2.32. The van der Waals surface area contributed by atoms with Gasteiger partial charge in [-0.15, -0.1) is 0 Å². The lowest BCUT2D eigenvalue weighted by atomic mass is 9.95. The molecule has 1 aliphatic heterocycles. The third-order valence-electron chi connectivity index (χ3n) is 4.40. The van der Waals surface area contributed by atoms with Crippen LogP contribution in [0.25, 0.3) is 0 Å². The molecule has 0 aromatic heterocycles. The van der Waals surface area contributed by atoms with Crippen molar-refractivity contribution in [1.29, 1.82) is 0 Å². The number of para-hydroxylation sites is 2. The SMILES string of the molecule is C[C@H](C(=O)Nc1ccccc1OC(F)F)[NH+]1CCC(C(N)=O)CC1. The van der Waals surface area contributed by atoms with Gasteiger partial charge < -0.3 is 20.7 Å². The smallest absolute Gasteiger partial charge is 0.387 e. The molecule has 0 saturated carbocycles. The van der Waals surface area contributed by atoms with E-state index in [4.69, 9.17) is 5.73 Å². The van der Waals surface area contributed by atoms with E-state index >= 15 is 0 Å². The summed E-state index contributed by atoms with van der Waals surface area (Å²) >= 11 is 0. The molecule has 0 bridgehead atoms. The predicted molar refractivity (Wildman–Crippen MR) is 83.8 cm³/mol. The number of hydrogen-bond donors (Lipinski definition) is 3. The number of primary amides is 1. The number of hydrogen-bond acceptors (Lipinski definition) is 3. The number of quaternary nitrogens is 1. The summed E-state index contributed by atoms with van der Waals surface area (Å²) in [7, 11) is 0. The third-order valence-corrected chi connectivity index (χ3v) is 4.40. The lowest BCUT2D eigenvalue weighted by Crippen LogP contribution is -3.17. The van der Waals surface area contributed by atoms with Gasteiger partial charge in [0.25, 0.3) is 5.91 Å². The lowest BCUT2D eigenvalue weighted by molar-refractivity contribution is -0.919. The van der Waals surface area contributed by atoms with Crippen molar-refractivity contribution in [3.05, 3.63) is 24.3 Å². The van der Waals surface area contributed by atoms with Crippen molar-refractivity contribution in [2.45, 2.75) is 32.4 Å². The minimum absolute atomic E-state index is 0.0736. The van der Waals surface area contributed by atoms with Gasteiger partial charge in [-0.1, -0.05) is 12.1 Å². The summed E-state index contributed by atoms with van der Waals surface area (Å²) in [5.41, 5.74) is 5.51. The van der Waals surface area contributed by atoms with Gasteiger partial charge in [0.05, 0.1) is 18.8 Å². The number of piperidine rings is 1. The fourth-order valence-corrected chi connectivity index (χ4v) is 2.90. The van der Waals surface area contributed by atoms with Crippen molar-refractivity contribution >= 4 is 17.5 Å². The van der Waals surface area contributed by atoms with Crippen LogP contribution >= 0.6 is 0 Å². The Morgan fingerprint density at radius 3 is 2.50 bits per heavy atom. The van der Waals surface area contributed by atoms with E-state index in [1.54, 1.807) is 19.1 Å². The van der Waals surface area contributed by atoms with E-state index in [0.717, 1.165) is 4.90 Å². The summed E-state index contributed by atoms with van der Waals surface area (Å²) in [6.45, 7) is 0.138. The Morgan fingerprint density at radius 2 is 1.92 bits per heavy atom. The first-order valence-corrected chi connectivity index (χ1v) is 7.87. The van der Waals surface area contributed by atoms with Crippen LogP contribution in [0.2, 0.25) is 0 Å². The minimum Gasteiger partial charge on any atom is -0.433 e. The van der Waals surface area contributed by atoms with Crippen LogP contribution in [-0.4, -0.2) is 37.6 Å². The average molecular weight is 342 g/mol. The van der Waals surface area contributed by atoms with E-state index < -0.39 is 6.61 Å². The molecule has 6 nitrogen and oxygen atoms in total. The lowest BCUT2D eigenvalue weighted by Gasteiger charge is -2.31. The molecule has 0 aliphatic carbocycles. The number of amides is 2. The highest BCUT2D eigenvalue weighted by atomic mass is 19.3. The van der Waals surface area contributed by atoms with Crippen LogP contribution in [0.1, 0.15) is 19.8 Å². The van der Waals surface area contributed by atoms with Crippen LogP contribution in [0.15, 0.2) is 24.3 Å². The van der Waals surface area contributed by atoms with Gasteiger partial charge in [0.1, 0.15) is 5.75 Å². The van der Waals surface area contributed by atoms with Crippen LogP contribution in [0.4, 0.5) is 14.5 Å². The summed E-state index contributed by atoms with van der Waals surface area (Å²) < 4.78 is 29.2. The van der Waals surface area contributed by atoms with E-state index in [2.05, 4.69) is 10.1 Å². The monoisotopic (exact) mass is 342 g/mol. The summed E-state index contributed by atoms with van der Waals surface area (Å²) in [4.78, 5) is 24.6. The van der Waals surface area contributed by atoms with Crippen molar-refractivity contribution in [3.63, 3.8) is 0 Å². The Balaban J connectivity index is 1.96. The third kappa shape index (κ3) is 4.64.